The highest BCUT2D eigenvalue weighted by atomic mass is 32.2. The molecule has 1 aliphatic heterocycles. The van der Waals surface area contributed by atoms with Crippen LogP contribution in [-0.2, 0) is 0 Å². The molecule has 1 heterocycles. The van der Waals surface area contributed by atoms with E-state index in [0.717, 1.165) is 26.8 Å². The quantitative estimate of drug-likeness (QED) is 0.484. The van der Waals surface area contributed by atoms with E-state index in [0.29, 0.717) is 10.7 Å². The fourth-order valence-electron chi connectivity index (χ4n) is 2.94. The minimum absolute atomic E-state index is 0.0523. The molecule has 3 aromatic carbocycles. The lowest BCUT2D eigenvalue weighted by atomic mass is 10.0. The second-order valence-corrected chi connectivity index (χ2v) is 6.71. The predicted molar refractivity (Wildman–Crippen MR) is 103 cm³/mol. The highest BCUT2D eigenvalue weighted by Gasteiger charge is 2.25. The van der Waals surface area contributed by atoms with Gasteiger partial charge in [0.1, 0.15) is 12.4 Å². The first-order chi connectivity index (χ1) is 12.3. The second-order valence-electron chi connectivity index (χ2n) is 5.63. The molecule has 25 heavy (non-hydrogen) atoms. The van der Waals surface area contributed by atoms with Crippen LogP contribution in [0.4, 0.5) is 0 Å². The first-order valence-corrected chi connectivity index (χ1v) is 8.71. The van der Waals surface area contributed by atoms with Gasteiger partial charge in [-0.05, 0) is 35.0 Å². The summed E-state index contributed by atoms with van der Waals surface area (Å²) in [6.45, 7) is 0.190. The lowest BCUT2D eigenvalue weighted by Crippen LogP contribution is -1.98. The minimum Gasteiger partial charge on any atom is -0.480 e. The number of terminal acetylenes is 1. The molecule has 3 heteroatoms. The van der Waals surface area contributed by atoms with E-state index in [2.05, 4.69) is 5.92 Å². The second kappa shape index (κ2) is 6.51. The van der Waals surface area contributed by atoms with Crippen molar-refractivity contribution in [2.75, 3.05) is 6.61 Å². The summed E-state index contributed by atoms with van der Waals surface area (Å²) < 4.78 is 5.72. The molecule has 0 saturated carbocycles. The molecule has 1 aliphatic rings. The van der Waals surface area contributed by atoms with Crippen LogP contribution in [-0.4, -0.2) is 12.4 Å². The number of carbonyl (C=O) groups excluding carboxylic acids is 1. The Morgan fingerprint density at radius 1 is 1.04 bits per heavy atom. The summed E-state index contributed by atoms with van der Waals surface area (Å²) in [7, 11) is 0. The maximum absolute atomic E-state index is 12.7. The van der Waals surface area contributed by atoms with Crippen molar-refractivity contribution < 1.29 is 9.53 Å². The van der Waals surface area contributed by atoms with Crippen LogP contribution in [0, 0.1) is 12.3 Å². The van der Waals surface area contributed by atoms with E-state index in [1.807, 2.05) is 66.7 Å². The number of hydrogen-bond acceptors (Lipinski definition) is 3. The molecule has 4 rings (SSSR count). The number of benzene rings is 3. The van der Waals surface area contributed by atoms with Gasteiger partial charge in [-0.2, -0.15) is 0 Å². The number of thioether (sulfide) groups is 1. The van der Waals surface area contributed by atoms with Crippen LogP contribution in [0.15, 0.2) is 70.5 Å². The van der Waals surface area contributed by atoms with E-state index in [4.69, 9.17) is 11.2 Å². The normalized spacial score (nSPS) is 14.5. The van der Waals surface area contributed by atoms with Gasteiger partial charge in [-0.15, -0.1) is 6.42 Å². The number of carbonyl (C=O) groups is 1. The molecule has 120 valence electrons. The lowest BCUT2D eigenvalue weighted by molar-refractivity contribution is 0.104. The molecule has 0 amide bonds. The van der Waals surface area contributed by atoms with Gasteiger partial charge < -0.3 is 4.74 Å². The number of fused-ring (bicyclic) bond motifs is 2. The van der Waals surface area contributed by atoms with Crippen molar-refractivity contribution in [3.8, 4) is 18.1 Å². The lowest BCUT2D eigenvalue weighted by Gasteiger charge is -2.11. The molecule has 0 spiro atoms. The third kappa shape index (κ3) is 2.82. The Balaban J connectivity index is 1.86. The molecule has 0 bridgehead atoms. The van der Waals surface area contributed by atoms with E-state index in [1.165, 1.54) is 11.8 Å². The molecule has 0 fully saturated rings. The molecular formula is C22H14O2S. The highest BCUT2D eigenvalue weighted by Crippen LogP contribution is 2.42. The van der Waals surface area contributed by atoms with Crippen molar-refractivity contribution >= 4 is 34.4 Å². The number of allylic oxidation sites excluding steroid dienone is 1. The maximum atomic E-state index is 12.7. The van der Waals surface area contributed by atoms with Crippen LogP contribution in [0.5, 0.6) is 5.75 Å². The van der Waals surface area contributed by atoms with Crippen LogP contribution >= 0.6 is 11.8 Å². The number of ether oxygens (including phenoxy) is 1. The fourth-order valence-corrected chi connectivity index (χ4v) is 3.97. The zero-order valence-electron chi connectivity index (χ0n) is 13.4. The average molecular weight is 342 g/mol. The van der Waals surface area contributed by atoms with Crippen molar-refractivity contribution in [1.82, 2.24) is 0 Å². The van der Waals surface area contributed by atoms with Gasteiger partial charge in [0.2, 0.25) is 5.78 Å². The summed E-state index contributed by atoms with van der Waals surface area (Å²) in [5, 5.41) is 2.13. The van der Waals surface area contributed by atoms with E-state index in [9.17, 15) is 4.79 Å². The Bertz CT molecular complexity index is 1060. The minimum atomic E-state index is 0.0523. The van der Waals surface area contributed by atoms with Gasteiger partial charge in [-0.25, -0.2) is 0 Å². The van der Waals surface area contributed by atoms with E-state index in [-0.39, 0.29) is 12.4 Å². The molecule has 0 N–H and O–H groups in total. The van der Waals surface area contributed by atoms with E-state index in [1.54, 1.807) is 0 Å². The van der Waals surface area contributed by atoms with Crippen molar-refractivity contribution in [3.63, 3.8) is 0 Å². The summed E-state index contributed by atoms with van der Waals surface area (Å²) in [4.78, 5) is 14.4. The topological polar surface area (TPSA) is 26.3 Å². The molecule has 0 unspecified atom stereocenters. The number of hydrogen-bond donors (Lipinski definition) is 0. The third-order valence-corrected chi connectivity index (χ3v) is 5.19. The summed E-state index contributed by atoms with van der Waals surface area (Å²) in [5.41, 5.74) is 1.64. The van der Waals surface area contributed by atoms with E-state index < -0.39 is 0 Å². The SMILES string of the molecule is C#CCOc1ccc2ccccc2c1/C=C1\Sc2ccccc2C1=O. The van der Waals surface area contributed by atoms with Crippen LogP contribution < -0.4 is 4.74 Å². The molecule has 0 radical (unpaired) electrons. The van der Waals surface area contributed by atoms with Gasteiger partial charge in [-0.1, -0.05) is 60.1 Å². The number of rotatable bonds is 3. The molecule has 2 nitrogen and oxygen atoms in total. The van der Waals surface area contributed by atoms with Crippen molar-refractivity contribution in [2.24, 2.45) is 0 Å². The summed E-state index contributed by atoms with van der Waals surface area (Å²) >= 11 is 1.50. The molecule has 3 aromatic rings. The van der Waals surface area contributed by atoms with Gasteiger partial charge in [0, 0.05) is 16.0 Å². The first-order valence-electron chi connectivity index (χ1n) is 7.89. The van der Waals surface area contributed by atoms with E-state index >= 15 is 0 Å². The monoisotopic (exact) mass is 342 g/mol. The summed E-state index contributed by atoms with van der Waals surface area (Å²) in [6.07, 6.45) is 7.25. The summed E-state index contributed by atoms with van der Waals surface area (Å²) in [6, 6.07) is 19.6. The molecule has 0 atom stereocenters. The predicted octanol–water partition coefficient (Wildman–Crippen LogP) is 5.18. The standard InChI is InChI=1S/C22H14O2S/c1-2-13-24-19-12-11-15-7-3-4-8-16(15)18(19)14-21-22(23)17-9-5-6-10-20(17)25-21/h1,3-12,14H,13H2/b21-14-. The van der Waals surface area contributed by atoms with Crippen LogP contribution in [0.1, 0.15) is 15.9 Å². The first kappa shape index (κ1) is 15.6. The van der Waals surface area contributed by atoms with Crippen LogP contribution in [0.2, 0.25) is 0 Å². The molecule has 0 aliphatic carbocycles. The Kier molecular flexibility index (Phi) is 4.05. The van der Waals surface area contributed by atoms with Crippen molar-refractivity contribution in [3.05, 3.63) is 76.7 Å². The zero-order valence-corrected chi connectivity index (χ0v) is 14.2. The smallest absolute Gasteiger partial charge is 0.200 e. The molecular weight excluding hydrogens is 328 g/mol. The third-order valence-electron chi connectivity index (χ3n) is 4.09. The Morgan fingerprint density at radius 2 is 1.84 bits per heavy atom. The van der Waals surface area contributed by atoms with Crippen LogP contribution in [0.3, 0.4) is 0 Å². The Morgan fingerprint density at radius 3 is 2.68 bits per heavy atom. The van der Waals surface area contributed by atoms with Gasteiger partial charge in [-0.3, -0.25) is 4.79 Å². The Hall–Kier alpha value is -2.96. The highest BCUT2D eigenvalue weighted by molar-refractivity contribution is 8.04. The maximum Gasteiger partial charge on any atom is 0.200 e. The zero-order chi connectivity index (χ0) is 17.2. The van der Waals surface area contributed by atoms with Gasteiger partial charge in [0.05, 0.1) is 4.91 Å². The van der Waals surface area contributed by atoms with Gasteiger partial charge >= 0.3 is 0 Å². The number of ketones is 1. The molecule has 0 aromatic heterocycles. The molecule has 0 saturated heterocycles. The number of Topliss-reactive ketones (excluding diaryl/α,β-unsaturated/α-hetero) is 1. The average Bonchev–Trinajstić information content (AvgIpc) is 2.97. The van der Waals surface area contributed by atoms with Gasteiger partial charge in [0.15, 0.2) is 0 Å². The van der Waals surface area contributed by atoms with Gasteiger partial charge in [0.25, 0.3) is 0 Å². The van der Waals surface area contributed by atoms with Crippen molar-refractivity contribution in [2.45, 2.75) is 4.90 Å². The fraction of sp³-hybridized carbons (Fsp3) is 0.0455. The van der Waals surface area contributed by atoms with Crippen LogP contribution in [0.25, 0.3) is 16.8 Å². The summed E-state index contributed by atoms with van der Waals surface area (Å²) in [5.74, 6) is 3.23. The Labute approximate surface area is 150 Å². The largest absolute Gasteiger partial charge is 0.480 e. The van der Waals surface area contributed by atoms with Crippen molar-refractivity contribution in [1.29, 1.82) is 0 Å².